The van der Waals surface area contributed by atoms with Crippen molar-refractivity contribution < 1.29 is 28.7 Å². The zero-order valence-electron chi connectivity index (χ0n) is 16.6. The standard InChI is InChI=1S/C20H25N3O6/c1-13-5-6-15(28-2)14(11-13)21-16(24)12-29-17(25)7-10-23-18(26)20(22-19(23)27)8-3-4-9-20/h5-6,11H,3-4,7-10,12H2,1-2H3,(H,21,24)(H,22,27). The molecule has 1 aromatic carbocycles. The van der Waals surface area contributed by atoms with Gasteiger partial charge in [0, 0.05) is 6.54 Å². The summed E-state index contributed by atoms with van der Waals surface area (Å²) in [5.41, 5.74) is 0.620. The molecular weight excluding hydrogens is 378 g/mol. The van der Waals surface area contributed by atoms with E-state index >= 15 is 0 Å². The summed E-state index contributed by atoms with van der Waals surface area (Å²) in [4.78, 5) is 49.7. The van der Waals surface area contributed by atoms with Gasteiger partial charge in [0.25, 0.3) is 11.8 Å². The van der Waals surface area contributed by atoms with Crippen LogP contribution in [0.3, 0.4) is 0 Å². The fourth-order valence-corrected chi connectivity index (χ4v) is 3.72. The van der Waals surface area contributed by atoms with Gasteiger partial charge in [-0.1, -0.05) is 18.9 Å². The molecule has 0 atom stereocenters. The van der Waals surface area contributed by atoms with E-state index in [1.807, 2.05) is 13.0 Å². The van der Waals surface area contributed by atoms with Gasteiger partial charge in [-0.3, -0.25) is 19.3 Å². The second-order valence-corrected chi connectivity index (χ2v) is 7.34. The maximum Gasteiger partial charge on any atom is 0.325 e. The Morgan fingerprint density at radius 2 is 1.97 bits per heavy atom. The van der Waals surface area contributed by atoms with E-state index in [0.717, 1.165) is 23.3 Å². The number of rotatable bonds is 7. The number of aryl methyl sites for hydroxylation is 1. The number of urea groups is 1. The molecule has 2 N–H and O–H groups in total. The molecular formula is C20H25N3O6. The first-order chi connectivity index (χ1) is 13.8. The quantitative estimate of drug-likeness (QED) is 0.529. The molecule has 1 heterocycles. The zero-order chi connectivity index (χ0) is 21.0. The highest BCUT2D eigenvalue weighted by atomic mass is 16.5. The summed E-state index contributed by atoms with van der Waals surface area (Å²) < 4.78 is 10.1. The van der Waals surface area contributed by atoms with Crippen molar-refractivity contribution in [3.05, 3.63) is 23.8 Å². The number of hydrogen-bond acceptors (Lipinski definition) is 6. The molecule has 0 radical (unpaired) electrons. The summed E-state index contributed by atoms with van der Waals surface area (Å²) in [6, 6.07) is 4.84. The van der Waals surface area contributed by atoms with Gasteiger partial charge >= 0.3 is 12.0 Å². The molecule has 0 aromatic heterocycles. The van der Waals surface area contributed by atoms with E-state index < -0.39 is 30.1 Å². The van der Waals surface area contributed by atoms with Crippen LogP contribution in [0.15, 0.2) is 18.2 Å². The molecule has 9 nitrogen and oxygen atoms in total. The summed E-state index contributed by atoms with van der Waals surface area (Å²) >= 11 is 0. The maximum absolute atomic E-state index is 12.5. The lowest BCUT2D eigenvalue weighted by Crippen LogP contribution is -2.44. The Labute approximate surface area is 168 Å². The fraction of sp³-hybridized carbons (Fsp3) is 0.500. The van der Waals surface area contributed by atoms with Gasteiger partial charge in [0.05, 0.1) is 19.2 Å². The number of carbonyl (C=O) groups excluding carboxylic acids is 4. The first kappa shape index (κ1) is 20.6. The number of benzene rings is 1. The largest absolute Gasteiger partial charge is 0.495 e. The number of nitrogens with zero attached hydrogens (tertiary/aromatic N) is 1. The molecule has 1 aliphatic carbocycles. The van der Waals surface area contributed by atoms with Crippen molar-refractivity contribution >= 4 is 29.5 Å². The maximum atomic E-state index is 12.5. The molecule has 0 bridgehead atoms. The second-order valence-electron chi connectivity index (χ2n) is 7.34. The first-order valence-corrected chi connectivity index (χ1v) is 9.59. The molecule has 156 valence electrons. The SMILES string of the molecule is COc1ccc(C)cc1NC(=O)COC(=O)CCN1C(=O)NC2(CCCC2)C1=O. The Morgan fingerprint density at radius 3 is 2.66 bits per heavy atom. The van der Waals surface area contributed by atoms with Crippen molar-refractivity contribution in [2.75, 3.05) is 25.6 Å². The molecule has 2 aliphatic rings. The molecule has 0 unspecified atom stereocenters. The van der Waals surface area contributed by atoms with Crippen molar-refractivity contribution in [3.8, 4) is 5.75 Å². The number of nitrogens with one attached hydrogen (secondary N) is 2. The molecule has 9 heteroatoms. The van der Waals surface area contributed by atoms with Gasteiger partial charge in [0.2, 0.25) is 0 Å². The van der Waals surface area contributed by atoms with Crippen LogP contribution in [0.25, 0.3) is 0 Å². The molecule has 1 aliphatic heterocycles. The summed E-state index contributed by atoms with van der Waals surface area (Å²) in [6.45, 7) is 1.33. The predicted molar refractivity (Wildman–Crippen MR) is 103 cm³/mol. The van der Waals surface area contributed by atoms with Crippen LogP contribution in [-0.2, 0) is 19.1 Å². The predicted octanol–water partition coefficient (Wildman–Crippen LogP) is 1.74. The number of carbonyl (C=O) groups is 4. The van der Waals surface area contributed by atoms with Crippen LogP contribution in [0.1, 0.15) is 37.7 Å². The summed E-state index contributed by atoms with van der Waals surface area (Å²) in [5, 5.41) is 5.39. The van der Waals surface area contributed by atoms with Crippen LogP contribution in [0, 0.1) is 6.92 Å². The molecule has 1 saturated heterocycles. The van der Waals surface area contributed by atoms with Gasteiger partial charge in [0.15, 0.2) is 6.61 Å². The van der Waals surface area contributed by atoms with Crippen LogP contribution >= 0.6 is 0 Å². The average molecular weight is 403 g/mol. The lowest BCUT2D eigenvalue weighted by Gasteiger charge is -2.19. The summed E-state index contributed by atoms with van der Waals surface area (Å²) in [6.07, 6.45) is 2.87. The van der Waals surface area contributed by atoms with Crippen molar-refractivity contribution in [1.82, 2.24) is 10.2 Å². The normalized spacial score (nSPS) is 17.4. The minimum absolute atomic E-state index is 0.0709. The van der Waals surface area contributed by atoms with Gasteiger partial charge in [0.1, 0.15) is 11.3 Å². The number of ether oxygens (including phenoxy) is 2. The third-order valence-corrected chi connectivity index (χ3v) is 5.24. The van der Waals surface area contributed by atoms with Gasteiger partial charge < -0.3 is 20.1 Å². The third-order valence-electron chi connectivity index (χ3n) is 5.24. The van der Waals surface area contributed by atoms with E-state index in [9.17, 15) is 19.2 Å². The zero-order valence-corrected chi connectivity index (χ0v) is 16.6. The van der Waals surface area contributed by atoms with Crippen molar-refractivity contribution in [2.24, 2.45) is 0 Å². The number of hydrogen-bond donors (Lipinski definition) is 2. The van der Waals surface area contributed by atoms with E-state index in [1.54, 1.807) is 12.1 Å². The number of anilines is 1. The third kappa shape index (κ3) is 4.49. The van der Waals surface area contributed by atoms with Gasteiger partial charge in [-0.2, -0.15) is 0 Å². The first-order valence-electron chi connectivity index (χ1n) is 9.59. The fourth-order valence-electron chi connectivity index (χ4n) is 3.72. The minimum Gasteiger partial charge on any atom is -0.495 e. The number of imide groups is 1. The Balaban J connectivity index is 1.45. The highest BCUT2D eigenvalue weighted by Gasteiger charge is 2.52. The van der Waals surface area contributed by atoms with Crippen molar-refractivity contribution in [2.45, 2.75) is 44.6 Å². The Bertz CT molecular complexity index is 832. The highest BCUT2D eigenvalue weighted by Crippen LogP contribution is 2.35. The van der Waals surface area contributed by atoms with Gasteiger partial charge in [-0.15, -0.1) is 0 Å². The molecule has 1 aromatic rings. The Kier molecular flexibility index (Phi) is 6.05. The molecule has 2 fully saturated rings. The topological polar surface area (TPSA) is 114 Å². The highest BCUT2D eigenvalue weighted by molar-refractivity contribution is 6.07. The van der Waals surface area contributed by atoms with E-state index in [-0.39, 0.29) is 18.9 Å². The molecule has 1 spiro atoms. The van der Waals surface area contributed by atoms with Crippen LogP contribution in [-0.4, -0.2) is 54.5 Å². The van der Waals surface area contributed by atoms with Crippen molar-refractivity contribution in [3.63, 3.8) is 0 Å². The lowest BCUT2D eigenvalue weighted by atomic mass is 9.98. The Hall–Kier alpha value is -3.10. The van der Waals surface area contributed by atoms with E-state index in [2.05, 4.69) is 10.6 Å². The Morgan fingerprint density at radius 1 is 1.24 bits per heavy atom. The van der Waals surface area contributed by atoms with E-state index in [0.29, 0.717) is 24.3 Å². The van der Waals surface area contributed by atoms with Crippen molar-refractivity contribution in [1.29, 1.82) is 0 Å². The van der Waals surface area contributed by atoms with Crippen LogP contribution in [0.2, 0.25) is 0 Å². The summed E-state index contributed by atoms with van der Waals surface area (Å²) in [5.74, 6) is -0.960. The minimum atomic E-state index is -0.798. The number of amides is 4. The molecule has 1 saturated carbocycles. The van der Waals surface area contributed by atoms with Crippen LogP contribution in [0.4, 0.5) is 10.5 Å². The average Bonchev–Trinajstić information content (AvgIpc) is 3.24. The van der Waals surface area contributed by atoms with Gasteiger partial charge in [-0.25, -0.2) is 4.79 Å². The van der Waals surface area contributed by atoms with E-state index in [1.165, 1.54) is 7.11 Å². The molecule has 29 heavy (non-hydrogen) atoms. The lowest BCUT2D eigenvalue weighted by molar-refractivity contribution is -0.147. The molecule has 3 rings (SSSR count). The smallest absolute Gasteiger partial charge is 0.325 e. The second kappa shape index (κ2) is 8.50. The van der Waals surface area contributed by atoms with Crippen LogP contribution < -0.4 is 15.4 Å². The summed E-state index contributed by atoms with van der Waals surface area (Å²) in [7, 11) is 1.49. The molecule has 4 amide bonds. The van der Waals surface area contributed by atoms with Gasteiger partial charge in [-0.05, 0) is 37.5 Å². The number of esters is 1. The van der Waals surface area contributed by atoms with Crippen LogP contribution in [0.5, 0.6) is 5.75 Å². The monoisotopic (exact) mass is 403 g/mol. The van der Waals surface area contributed by atoms with E-state index in [4.69, 9.17) is 9.47 Å². The number of methoxy groups -OCH3 is 1.